The van der Waals surface area contributed by atoms with Crippen molar-refractivity contribution in [2.45, 2.75) is 82.5 Å². The van der Waals surface area contributed by atoms with Gasteiger partial charge in [-0.05, 0) is 81.8 Å². The van der Waals surface area contributed by atoms with Gasteiger partial charge in [0.2, 0.25) is 21.8 Å². The minimum atomic E-state index is -3.54. The monoisotopic (exact) mass is 547 g/mol. The molecule has 1 aliphatic carbocycles. The number of hydrogen-bond acceptors (Lipinski definition) is 5. The van der Waals surface area contributed by atoms with Crippen molar-refractivity contribution >= 4 is 21.8 Å². The molecule has 1 aliphatic rings. The van der Waals surface area contributed by atoms with Crippen LogP contribution in [0.4, 0.5) is 4.39 Å². The summed E-state index contributed by atoms with van der Waals surface area (Å²) in [4.78, 5) is 27.8. The van der Waals surface area contributed by atoms with Crippen LogP contribution in [0.2, 0.25) is 0 Å². The number of nitrogens with zero attached hydrogens (tertiary/aromatic N) is 1. The molecule has 8 nitrogen and oxygen atoms in total. The maximum absolute atomic E-state index is 13.4. The van der Waals surface area contributed by atoms with E-state index in [1.807, 2.05) is 13.8 Å². The van der Waals surface area contributed by atoms with E-state index in [-0.39, 0.29) is 47.6 Å². The highest BCUT2D eigenvalue weighted by molar-refractivity contribution is 7.89. The first-order chi connectivity index (χ1) is 18.0. The summed E-state index contributed by atoms with van der Waals surface area (Å²) in [6.07, 6.45) is 3.01. The van der Waals surface area contributed by atoms with Gasteiger partial charge in [-0.1, -0.05) is 24.3 Å². The normalized spacial score (nSPS) is 14.3. The molecule has 1 fully saturated rings. The van der Waals surface area contributed by atoms with Gasteiger partial charge in [-0.3, -0.25) is 9.59 Å². The molecule has 0 bridgehead atoms. The highest BCUT2D eigenvalue weighted by Crippen LogP contribution is 2.22. The first-order valence-electron chi connectivity index (χ1n) is 13.1. The average Bonchev–Trinajstić information content (AvgIpc) is 3.69. The van der Waals surface area contributed by atoms with E-state index < -0.39 is 16.1 Å². The molecule has 1 saturated carbocycles. The van der Waals surface area contributed by atoms with Gasteiger partial charge in [0.05, 0.1) is 11.0 Å². The number of sulfonamides is 1. The first-order valence-corrected chi connectivity index (χ1v) is 14.6. The van der Waals surface area contributed by atoms with Gasteiger partial charge in [-0.15, -0.1) is 0 Å². The van der Waals surface area contributed by atoms with E-state index in [1.54, 1.807) is 43.3 Å². The Morgan fingerprint density at radius 2 is 1.66 bits per heavy atom. The summed E-state index contributed by atoms with van der Waals surface area (Å²) in [5.41, 5.74) is 1.52. The number of benzene rings is 2. The van der Waals surface area contributed by atoms with Crippen LogP contribution >= 0.6 is 0 Å². The fraction of sp³-hybridized carbons (Fsp3) is 0.500. The van der Waals surface area contributed by atoms with Gasteiger partial charge in [-0.25, -0.2) is 17.5 Å². The van der Waals surface area contributed by atoms with Crippen molar-refractivity contribution in [3.8, 4) is 0 Å². The number of carbonyl (C=O) groups excluding carboxylic acids is 2. The maximum atomic E-state index is 13.4. The Balaban J connectivity index is 1.61. The zero-order chi connectivity index (χ0) is 27.7. The maximum Gasteiger partial charge on any atom is 0.242 e. The fourth-order valence-electron chi connectivity index (χ4n) is 3.84. The molecule has 2 N–H and O–H groups in total. The third kappa shape index (κ3) is 9.49. The predicted octanol–water partition coefficient (Wildman–Crippen LogP) is 3.55. The molecule has 0 heterocycles. The van der Waals surface area contributed by atoms with Crippen molar-refractivity contribution in [3.63, 3.8) is 0 Å². The van der Waals surface area contributed by atoms with Gasteiger partial charge in [0, 0.05) is 32.2 Å². The minimum Gasteiger partial charge on any atom is -0.379 e. The molecule has 0 aromatic heterocycles. The molecule has 2 aromatic rings. The number of halogens is 1. The van der Waals surface area contributed by atoms with Gasteiger partial charge >= 0.3 is 0 Å². The van der Waals surface area contributed by atoms with Gasteiger partial charge in [-0.2, -0.15) is 0 Å². The van der Waals surface area contributed by atoms with Crippen LogP contribution in [0.25, 0.3) is 0 Å². The van der Waals surface area contributed by atoms with Crippen LogP contribution in [0.3, 0.4) is 0 Å². The molecule has 2 amide bonds. The highest BCUT2D eigenvalue weighted by atomic mass is 32.2. The van der Waals surface area contributed by atoms with E-state index in [4.69, 9.17) is 4.74 Å². The second-order valence-corrected chi connectivity index (χ2v) is 11.6. The SMILES string of the molecule is CC(C)OCCCNC(=O)[C@@H](C)N(Cc1ccc(F)cc1)C(=O)CCc1ccc(S(=O)(=O)NC2CC2)cc1. The van der Waals surface area contributed by atoms with Crippen molar-refractivity contribution in [1.82, 2.24) is 14.9 Å². The molecular weight excluding hydrogens is 509 g/mol. The van der Waals surface area contributed by atoms with Crippen LogP contribution in [0.15, 0.2) is 53.4 Å². The average molecular weight is 548 g/mol. The van der Waals surface area contributed by atoms with E-state index in [0.29, 0.717) is 31.6 Å². The smallest absolute Gasteiger partial charge is 0.242 e. The number of aryl methyl sites for hydroxylation is 1. The highest BCUT2D eigenvalue weighted by Gasteiger charge is 2.28. The third-order valence-electron chi connectivity index (χ3n) is 6.27. The van der Waals surface area contributed by atoms with Crippen LogP contribution < -0.4 is 10.0 Å². The topological polar surface area (TPSA) is 105 Å². The van der Waals surface area contributed by atoms with E-state index in [1.165, 1.54) is 17.0 Å². The Labute approximate surface area is 225 Å². The lowest BCUT2D eigenvalue weighted by Gasteiger charge is -2.29. The molecule has 1 atom stereocenters. The molecular formula is C28H38FN3O5S. The second-order valence-electron chi connectivity index (χ2n) is 9.93. The quantitative estimate of drug-likeness (QED) is 0.332. The lowest BCUT2D eigenvalue weighted by Crippen LogP contribution is -2.48. The van der Waals surface area contributed by atoms with Crippen molar-refractivity contribution in [1.29, 1.82) is 0 Å². The van der Waals surface area contributed by atoms with Crippen LogP contribution in [0, 0.1) is 5.82 Å². The molecule has 3 rings (SSSR count). The van der Waals surface area contributed by atoms with Gasteiger partial charge < -0.3 is 15.0 Å². The number of ether oxygens (including phenoxy) is 1. The summed E-state index contributed by atoms with van der Waals surface area (Å²) in [6, 6.07) is 11.6. The Morgan fingerprint density at radius 1 is 1.03 bits per heavy atom. The molecule has 2 aromatic carbocycles. The van der Waals surface area contributed by atoms with Crippen LogP contribution in [0.5, 0.6) is 0 Å². The molecule has 38 heavy (non-hydrogen) atoms. The number of rotatable bonds is 15. The third-order valence-corrected chi connectivity index (χ3v) is 7.80. The summed E-state index contributed by atoms with van der Waals surface area (Å²) in [6.45, 7) is 6.69. The molecule has 0 aliphatic heterocycles. The zero-order valence-electron chi connectivity index (χ0n) is 22.3. The Bertz CT molecular complexity index is 1170. The number of nitrogens with one attached hydrogen (secondary N) is 2. The lowest BCUT2D eigenvalue weighted by atomic mass is 10.1. The van der Waals surface area contributed by atoms with Crippen LogP contribution in [0.1, 0.15) is 57.6 Å². The van der Waals surface area contributed by atoms with E-state index in [2.05, 4.69) is 10.0 Å². The standard InChI is InChI=1S/C28H38FN3O5S/c1-20(2)37-18-4-17-30-28(34)21(3)32(19-23-5-10-24(29)11-6-23)27(33)16-9-22-7-14-26(15-8-22)38(35,36)31-25-12-13-25/h5-8,10-11,14-15,20-21,25,31H,4,9,12-13,16-19H2,1-3H3,(H,30,34)/t21-/m1/s1. The predicted molar refractivity (Wildman–Crippen MR) is 143 cm³/mol. The van der Waals surface area contributed by atoms with Gasteiger partial charge in [0.15, 0.2) is 0 Å². The molecule has 10 heteroatoms. The molecule has 0 unspecified atom stereocenters. The van der Waals surface area contributed by atoms with E-state index in [9.17, 15) is 22.4 Å². The number of hydrogen-bond donors (Lipinski definition) is 2. The molecule has 0 radical (unpaired) electrons. The van der Waals surface area contributed by atoms with Crippen molar-refractivity contribution in [3.05, 3.63) is 65.5 Å². The molecule has 208 valence electrons. The number of carbonyl (C=O) groups is 2. The summed E-state index contributed by atoms with van der Waals surface area (Å²) in [5, 5.41) is 2.86. The van der Waals surface area contributed by atoms with Gasteiger partial charge in [0.1, 0.15) is 11.9 Å². The Kier molecular flexibility index (Phi) is 10.8. The summed E-state index contributed by atoms with van der Waals surface area (Å²) >= 11 is 0. The Morgan fingerprint density at radius 3 is 2.26 bits per heavy atom. The van der Waals surface area contributed by atoms with E-state index in [0.717, 1.165) is 18.4 Å². The Hall–Kier alpha value is -2.82. The second kappa shape index (κ2) is 13.8. The summed E-state index contributed by atoms with van der Waals surface area (Å²) in [5.74, 6) is -0.881. The summed E-state index contributed by atoms with van der Waals surface area (Å²) < 4.78 is 46.3. The van der Waals surface area contributed by atoms with Crippen molar-refractivity contribution in [2.75, 3.05) is 13.2 Å². The zero-order valence-corrected chi connectivity index (χ0v) is 23.1. The van der Waals surface area contributed by atoms with Gasteiger partial charge in [0.25, 0.3) is 0 Å². The summed E-state index contributed by atoms with van der Waals surface area (Å²) in [7, 11) is -3.54. The number of amides is 2. The van der Waals surface area contributed by atoms with Crippen LogP contribution in [-0.4, -0.2) is 56.5 Å². The fourth-order valence-corrected chi connectivity index (χ4v) is 5.14. The van der Waals surface area contributed by atoms with Crippen LogP contribution in [-0.2, 0) is 37.3 Å². The lowest BCUT2D eigenvalue weighted by molar-refractivity contribution is -0.140. The van der Waals surface area contributed by atoms with Crippen molar-refractivity contribution in [2.24, 2.45) is 0 Å². The molecule has 0 saturated heterocycles. The molecule has 0 spiro atoms. The minimum absolute atomic E-state index is 0.0250. The van der Waals surface area contributed by atoms with Crippen molar-refractivity contribution < 1.29 is 27.1 Å². The first kappa shape index (κ1) is 29.7. The largest absolute Gasteiger partial charge is 0.379 e. The van der Waals surface area contributed by atoms with E-state index >= 15 is 0 Å².